The predicted octanol–water partition coefficient (Wildman–Crippen LogP) is 24.7. The second kappa shape index (κ2) is 43.2. The fourth-order valence-electron chi connectivity index (χ4n) is 15.3. The topological polar surface area (TPSA) is 284 Å². The molecule has 616 valence electrons. The molecule has 14 rings (SSSR count). The van der Waals surface area contributed by atoms with E-state index in [-0.39, 0.29) is 29.1 Å². The number of aromatic amines is 1. The van der Waals surface area contributed by atoms with Gasteiger partial charge in [0.25, 0.3) is 23.0 Å². The molecule has 0 aliphatic carbocycles. The summed E-state index contributed by atoms with van der Waals surface area (Å²) < 4.78 is 6.48. The lowest BCUT2D eigenvalue weighted by Crippen LogP contribution is -2.51. The third-order valence-corrected chi connectivity index (χ3v) is 36.0. The molecule has 20 nitrogen and oxygen atoms in total. The zero-order valence-corrected chi connectivity index (χ0v) is 76.6. The normalized spacial score (nSPS) is 11.5. The number of aromatic nitrogens is 10. The van der Waals surface area contributed by atoms with E-state index in [1.807, 2.05) is 61.1 Å². The van der Waals surface area contributed by atoms with Gasteiger partial charge in [-0.1, -0.05) is 142 Å². The monoisotopic (exact) mass is 1850 g/mol. The van der Waals surface area contributed by atoms with Crippen LogP contribution in [0.2, 0.25) is 53.3 Å². The molecular formula is C90H93Br2Cl5N14O6Si2. The standard InChI is InChI=1S/C29H35ClN4O2Si.C20H15ClN4O.C17H26N2OSi.C12H8BrClN2O.C6H3BrClNO.C6H6ClN/c1-18(2)37(19(3)4,20(5)6)34-17-25(24-8-7-15-31-28(24)34)27(35)21-9-14-26(32-16-21)29(36)33-23-12-10-22(30)11-13-23;21-15-4-6-16(7-5-15)25-20(26)18-8-3-13(11-23-18)10-14-12-24-19-17(14)2-1-9-22-19;1-12(2)21(13(3)4,14(5)6)19-10-15(11-20)16-8-7-9-18-17(16)19;13-8-1-6-11(15-7-8)12(17)16-10-4-2-9(14)3-5-10;7-4-1-2-5(6(8)10)9-3-4;7-5-1-3-6(8)4-2-5/h7-20,27,35H,1-6H3,(H,33,36);1-9,11-12H,10H2,(H,22,24)(H,25,26);7-14H,1-6H3;1-7H,(H,16,17);1-3H;1-4H,8H2. The maximum absolute atomic E-state index is 12.7. The van der Waals surface area contributed by atoms with Crippen LogP contribution in [0.3, 0.4) is 0 Å². The number of H-pyrrole nitrogens is 1. The molecule has 0 spiro atoms. The number of pyridine rings is 7. The van der Waals surface area contributed by atoms with Crippen LogP contribution in [0.25, 0.3) is 33.1 Å². The molecule has 119 heavy (non-hydrogen) atoms. The van der Waals surface area contributed by atoms with E-state index >= 15 is 0 Å². The number of nitrogens with zero attached hydrogens (tertiary/aromatic N) is 9. The van der Waals surface area contributed by atoms with Gasteiger partial charge in [-0.05, 0) is 258 Å². The summed E-state index contributed by atoms with van der Waals surface area (Å²) in [5.41, 5.74) is 19.7. The SMILES string of the molecule is CC(C)[Si](C(C)C)(C(C)C)n1cc(C(O)c2ccc(C(=O)Nc3ccc(Cl)cc3)nc2)c2cccnc21.CC(C)[Si](C(C)C)(C(C)C)n1cc(C=O)c2cccnc21.Nc1ccc(Cl)cc1.O=C(Cl)c1ccc(Br)cn1.O=C(Nc1ccc(Cl)cc1)c1ccc(Br)cn1.O=C(Nc1ccc(Cl)cc1)c1ccc(Cc2c[nH]c3ncccc23)cn1. The van der Waals surface area contributed by atoms with Crippen LogP contribution in [0.15, 0.2) is 253 Å². The number of anilines is 4. The van der Waals surface area contributed by atoms with E-state index in [0.29, 0.717) is 82.3 Å². The molecule has 10 aromatic heterocycles. The van der Waals surface area contributed by atoms with Crippen molar-refractivity contribution in [3.63, 3.8) is 0 Å². The number of aldehydes is 1. The van der Waals surface area contributed by atoms with Crippen LogP contribution in [0.4, 0.5) is 22.7 Å². The van der Waals surface area contributed by atoms with Gasteiger partial charge in [0.2, 0.25) is 0 Å². The first-order chi connectivity index (χ1) is 56.8. The van der Waals surface area contributed by atoms with Crippen molar-refractivity contribution in [2.24, 2.45) is 0 Å². The predicted molar refractivity (Wildman–Crippen MR) is 497 cm³/mol. The summed E-state index contributed by atoms with van der Waals surface area (Å²) in [5, 5.41) is 24.9. The molecule has 1 unspecified atom stereocenters. The Bertz CT molecular complexity index is 5650. The van der Waals surface area contributed by atoms with Crippen molar-refractivity contribution in [1.82, 2.24) is 48.3 Å². The third-order valence-electron chi connectivity index (χ3n) is 20.4. The Morgan fingerprint density at radius 3 is 1.23 bits per heavy atom. The number of carbonyl (C=O) groups excluding carboxylic acids is 5. The minimum atomic E-state index is -2.09. The molecule has 7 N–H and O–H groups in total. The number of fused-ring (bicyclic) bond motifs is 3. The molecule has 10 heterocycles. The number of aliphatic hydroxyl groups excluding tert-OH is 1. The first-order valence-electron chi connectivity index (χ1n) is 38.3. The molecule has 0 saturated carbocycles. The smallest absolute Gasteiger partial charge is 0.274 e. The van der Waals surface area contributed by atoms with Gasteiger partial charge in [0.05, 0.1) is 0 Å². The molecule has 4 aromatic carbocycles. The summed E-state index contributed by atoms with van der Waals surface area (Å²) >= 11 is 34.7. The zero-order chi connectivity index (χ0) is 86.4. The van der Waals surface area contributed by atoms with Crippen LogP contribution in [-0.2, 0) is 6.42 Å². The Kier molecular flexibility index (Phi) is 33.7. The number of halogens is 7. The number of amides is 3. The van der Waals surface area contributed by atoms with Crippen LogP contribution >= 0.6 is 89.9 Å². The Morgan fingerprint density at radius 2 is 0.840 bits per heavy atom. The molecule has 0 bridgehead atoms. The first kappa shape index (κ1) is 92.8. The van der Waals surface area contributed by atoms with E-state index in [9.17, 15) is 29.1 Å². The molecule has 29 heteroatoms. The average molecular weight is 1860 g/mol. The van der Waals surface area contributed by atoms with Gasteiger partial charge in [0.15, 0.2) is 22.8 Å². The van der Waals surface area contributed by atoms with E-state index < -0.39 is 27.8 Å². The summed E-state index contributed by atoms with van der Waals surface area (Å²) in [6.07, 6.45) is 18.7. The largest absolute Gasteiger partial charge is 0.399 e. The van der Waals surface area contributed by atoms with E-state index in [2.05, 4.69) is 187 Å². The molecule has 14 aromatic rings. The molecular weight excluding hydrogens is 1770 g/mol. The fourth-order valence-corrected chi connectivity index (χ4v) is 29.6. The van der Waals surface area contributed by atoms with Crippen molar-refractivity contribution in [3.8, 4) is 0 Å². The Balaban J connectivity index is 0.000000173. The second-order valence-electron chi connectivity index (χ2n) is 29.7. The van der Waals surface area contributed by atoms with Gasteiger partial charge in [-0.2, -0.15) is 0 Å². The maximum atomic E-state index is 12.7. The molecule has 0 aliphatic heterocycles. The average Bonchev–Trinajstić information content (AvgIpc) is 1.64. The van der Waals surface area contributed by atoms with Gasteiger partial charge < -0.3 is 40.2 Å². The maximum Gasteiger partial charge on any atom is 0.274 e. The highest BCUT2D eigenvalue weighted by Crippen LogP contribution is 2.47. The van der Waals surface area contributed by atoms with Crippen LogP contribution in [0.5, 0.6) is 0 Å². The first-order valence-corrected chi connectivity index (χ1v) is 46.1. The van der Waals surface area contributed by atoms with E-state index in [1.165, 1.54) is 6.20 Å². The summed E-state index contributed by atoms with van der Waals surface area (Å²) in [5.74, 6) is -0.833. The third kappa shape index (κ3) is 23.7. The lowest BCUT2D eigenvalue weighted by Gasteiger charge is -2.44. The van der Waals surface area contributed by atoms with Crippen molar-refractivity contribution in [2.75, 3.05) is 21.7 Å². The second-order valence-corrected chi connectivity index (χ2v) is 45.1. The number of aliphatic hydroxyl groups is 1. The molecule has 0 fully saturated rings. The summed E-state index contributed by atoms with van der Waals surface area (Å²) in [6, 6.07) is 53.3. The van der Waals surface area contributed by atoms with Gasteiger partial charge in [0, 0.05) is 153 Å². The summed E-state index contributed by atoms with van der Waals surface area (Å²) in [7, 11) is -3.96. The van der Waals surface area contributed by atoms with Gasteiger partial charge in [-0.25, -0.2) is 19.9 Å². The van der Waals surface area contributed by atoms with Crippen molar-refractivity contribution < 1.29 is 29.1 Å². The van der Waals surface area contributed by atoms with Gasteiger partial charge in [-0.3, -0.25) is 38.9 Å². The number of nitrogens with one attached hydrogen (secondary N) is 4. The number of hydrogen-bond acceptors (Lipinski definition) is 14. The zero-order valence-electron chi connectivity index (χ0n) is 67.7. The molecule has 0 aliphatic rings. The number of benzene rings is 4. The number of nitrogens with two attached hydrogens (primary N) is 1. The van der Waals surface area contributed by atoms with Gasteiger partial charge >= 0.3 is 0 Å². The Morgan fingerprint density at radius 1 is 0.462 bits per heavy atom. The summed E-state index contributed by atoms with van der Waals surface area (Å²) in [6.45, 7) is 27.8. The highest BCUT2D eigenvalue weighted by atomic mass is 79.9. The highest BCUT2D eigenvalue weighted by Gasteiger charge is 2.48. The minimum Gasteiger partial charge on any atom is -0.399 e. The van der Waals surface area contributed by atoms with E-state index in [0.717, 1.165) is 87.7 Å². The van der Waals surface area contributed by atoms with E-state index in [1.54, 1.807) is 164 Å². The number of carbonyl (C=O) groups is 5. The fraction of sp³-hybridized carbons (Fsp3) is 0.222. The lowest BCUT2D eigenvalue weighted by molar-refractivity contribution is 0.101. The van der Waals surface area contributed by atoms with Crippen LogP contribution < -0.4 is 21.7 Å². The lowest BCUT2D eigenvalue weighted by atomic mass is 10.0. The number of rotatable bonds is 20. The van der Waals surface area contributed by atoms with Crippen LogP contribution in [0.1, 0.15) is 164 Å². The van der Waals surface area contributed by atoms with Crippen LogP contribution in [-0.4, -0.2) is 99.2 Å². The Labute approximate surface area is 737 Å². The minimum absolute atomic E-state index is 0.250. The van der Waals surface area contributed by atoms with Crippen LogP contribution in [0, 0.1) is 0 Å². The molecule has 1 atom stereocenters. The molecule has 0 radical (unpaired) electrons. The molecule has 0 saturated heterocycles. The highest BCUT2D eigenvalue weighted by molar-refractivity contribution is 9.10. The van der Waals surface area contributed by atoms with Gasteiger partial charge in [-0.15, -0.1) is 0 Å². The van der Waals surface area contributed by atoms with Crippen molar-refractivity contribution in [1.29, 1.82) is 0 Å². The molecule has 3 amide bonds. The van der Waals surface area contributed by atoms with Gasteiger partial charge in [0.1, 0.15) is 45.8 Å². The Hall–Kier alpha value is -10.1. The van der Waals surface area contributed by atoms with Crippen molar-refractivity contribution in [2.45, 2.75) is 129 Å². The van der Waals surface area contributed by atoms with Crippen molar-refractivity contribution >= 4 is 191 Å². The summed E-state index contributed by atoms with van der Waals surface area (Å²) in [4.78, 5) is 91.8. The quantitative estimate of drug-likeness (QED) is 0.0179. The number of nitrogen functional groups attached to an aromatic ring is 1. The van der Waals surface area contributed by atoms with E-state index in [4.69, 9.17) is 68.7 Å². The number of hydrogen-bond donors (Lipinski definition) is 6. The van der Waals surface area contributed by atoms with Crippen molar-refractivity contribution in [3.05, 3.63) is 324 Å².